The number of rotatable bonds is 3. The topological polar surface area (TPSA) is 37.8 Å². The highest BCUT2D eigenvalue weighted by Gasteiger charge is 2.11. The summed E-state index contributed by atoms with van der Waals surface area (Å²) in [5.74, 6) is 0.832. The van der Waals surface area contributed by atoms with Crippen molar-refractivity contribution < 1.29 is 4.39 Å². The van der Waals surface area contributed by atoms with Gasteiger partial charge in [-0.2, -0.15) is 0 Å². The predicted molar refractivity (Wildman–Crippen MR) is 102 cm³/mol. The zero-order valence-corrected chi connectivity index (χ0v) is 14.7. The minimum atomic E-state index is -0.325. The molecule has 4 rings (SSSR count). The highest BCUT2D eigenvalue weighted by molar-refractivity contribution is 9.10. The van der Waals surface area contributed by atoms with Gasteiger partial charge in [-0.05, 0) is 36.4 Å². The minimum Gasteiger partial charge on any atom is -0.337 e. The summed E-state index contributed by atoms with van der Waals surface area (Å²) in [6, 6.07) is 22.0. The standard InChI is InChI=1S/C20H13BrFN3/c21-14-7-5-6-13(12-14)19-23-17-10-3-1-8-15(17)20(25-19)24-18-11-4-2-9-16(18)22/h1-12H,(H,23,24,25). The van der Waals surface area contributed by atoms with E-state index < -0.39 is 0 Å². The Morgan fingerprint density at radius 3 is 2.48 bits per heavy atom. The smallest absolute Gasteiger partial charge is 0.162 e. The molecule has 0 aliphatic rings. The van der Waals surface area contributed by atoms with E-state index in [1.807, 2.05) is 48.5 Å². The number of aromatic nitrogens is 2. The van der Waals surface area contributed by atoms with Crippen molar-refractivity contribution in [1.82, 2.24) is 9.97 Å². The summed E-state index contributed by atoms with van der Waals surface area (Å²) in [7, 11) is 0. The zero-order chi connectivity index (χ0) is 17.2. The lowest BCUT2D eigenvalue weighted by Crippen LogP contribution is -2.00. The number of nitrogens with zero attached hydrogens (tertiary/aromatic N) is 2. The molecule has 0 unspecified atom stereocenters. The van der Waals surface area contributed by atoms with Crippen molar-refractivity contribution in [3.8, 4) is 11.4 Å². The van der Waals surface area contributed by atoms with E-state index in [9.17, 15) is 4.39 Å². The maximum absolute atomic E-state index is 14.0. The van der Waals surface area contributed by atoms with Crippen LogP contribution in [-0.2, 0) is 0 Å². The number of para-hydroxylation sites is 2. The summed E-state index contributed by atoms with van der Waals surface area (Å²) in [6.45, 7) is 0. The van der Waals surface area contributed by atoms with Gasteiger partial charge in [-0.1, -0.05) is 52.3 Å². The molecule has 1 heterocycles. The van der Waals surface area contributed by atoms with Crippen molar-refractivity contribution in [3.05, 3.63) is 83.1 Å². The lowest BCUT2D eigenvalue weighted by Gasteiger charge is -2.11. The number of hydrogen-bond donors (Lipinski definition) is 1. The molecule has 0 saturated heterocycles. The van der Waals surface area contributed by atoms with Crippen LogP contribution in [0.15, 0.2) is 77.3 Å². The molecule has 3 nitrogen and oxygen atoms in total. The Balaban J connectivity index is 1.89. The molecule has 5 heteroatoms. The third kappa shape index (κ3) is 3.23. The number of halogens is 2. The Morgan fingerprint density at radius 2 is 1.64 bits per heavy atom. The van der Waals surface area contributed by atoms with Crippen LogP contribution in [0.25, 0.3) is 22.3 Å². The van der Waals surface area contributed by atoms with Crippen LogP contribution in [0.4, 0.5) is 15.9 Å². The van der Waals surface area contributed by atoms with Gasteiger partial charge in [0.2, 0.25) is 0 Å². The number of hydrogen-bond acceptors (Lipinski definition) is 3. The molecule has 1 N–H and O–H groups in total. The molecular weight excluding hydrogens is 381 g/mol. The molecule has 4 aromatic rings. The molecule has 0 radical (unpaired) electrons. The summed E-state index contributed by atoms with van der Waals surface area (Å²) in [6.07, 6.45) is 0. The first-order chi connectivity index (χ1) is 12.2. The van der Waals surface area contributed by atoms with Crippen LogP contribution in [0.5, 0.6) is 0 Å². The lowest BCUT2D eigenvalue weighted by atomic mass is 10.2. The number of fused-ring (bicyclic) bond motifs is 1. The highest BCUT2D eigenvalue weighted by atomic mass is 79.9. The summed E-state index contributed by atoms with van der Waals surface area (Å²) < 4.78 is 15.0. The first-order valence-electron chi connectivity index (χ1n) is 7.75. The van der Waals surface area contributed by atoms with E-state index >= 15 is 0 Å². The number of anilines is 2. The van der Waals surface area contributed by atoms with E-state index in [4.69, 9.17) is 0 Å². The maximum atomic E-state index is 14.0. The second kappa shape index (κ2) is 6.61. The number of nitrogens with one attached hydrogen (secondary N) is 1. The molecule has 25 heavy (non-hydrogen) atoms. The molecule has 0 fully saturated rings. The second-order valence-electron chi connectivity index (χ2n) is 5.53. The van der Waals surface area contributed by atoms with Gasteiger partial charge in [-0.3, -0.25) is 0 Å². The van der Waals surface area contributed by atoms with Crippen LogP contribution < -0.4 is 5.32 Å². The van der Waals surface area contributed by atoms with Gasteiger partial charge in [0.15, 0.2) is 5.82 Å². The lowest BCUT2D eigenvalue weighted by molar-refractivity contribution is 0.632. The second-order valence-corrected chi connectivity index (χ2v) is 6.44. The molecule has 0 aliphatic carbocycles. The summed E-state index contributed by atoms with van der Waals surface area (Å²) in [4.78, 5) is 9.28. The van der Waals surface area contributed by atoms with Gasteiger partial charge >= 0.3 is 0 Å². The number of benzene rings is 3. The van der Waals surface area contributed by atoms with Crippen LogP contribution in [0, 0.1) is 5.82 Å². The fourth-order valence-corrected chi connectivity index (χ4v) is 3.02. The van der Waals surface area contributed by atoms with Crippen LogP contribution in [-0.4, -0.2) is 9.97 Å². The fourth-order valence-electron chi connectivity index (χ4n) is 2.62. The molecule has 1 aromatic heterocycles. The predicted octanol–water partition coefficient (Wildman–Crippen LogP) is 5.94. The van der Waals surface area contributed by atoms with Crippen LogP contribution >= 0.6 is 15.9 Å². The van der Waals surface area contributed by atoms with Gasteiger partial charge in [0, 0.05) is 15.4 Å². The summed E-state index contributed by atoms with van der Waals surface area (Å²) >= 11 is 3.47. The van der Waals surface area contributed by atoms with Crippen molar-refractivity contribution in [3.63, 3.8) is 0 Å². The normalized spacial score (nSPS) is 10.8. The van der Waals surface area contributed by atoms with Crippen molar-refractivity contribution in [2.75, 3.05) is 5.32 Å². The summed E-state index contributed by atoms with van der Waals surface area (Å²) in [5, 5.41) is 3.94. The molecule has 0 amide bonds. The Bertz CT molecular complexity index is 1070. The molecule has 0 aliphatic heterocycles. The van der Waals surface area contributed by atoms with E-state index in [1.54, 1.807) is 18.2 Å². The Hall–Kier alpha value is -2.79. The molecule has 0 saturated carbocycles. The van der Waals surface area contributed by atoms with Crippen molar-refractivity contribution in [1.29, 1.82) is 0 Å². The maximum Gasteiger partial charge on any atom is 0.162 e. The quantitative estimate of drug-likeness (QED) is 0.467. The van der Waals surface area contributed by atoms with Gasteiger partial charge in [0.1, 0.15) is 11.6 Å². The van der Waals surface area contributed by atoms with E-state index in [-0.39, 0.29) is 5.82 Å². The minimum absolute atomic E-state index is 0.325. The van der Waals surface area contributed by atoms with Crippen LogP contribution in [0.3, 0.4) is 0 Å². The van der Waals surface area contributed by atoms with Gasteiger partial charge in [-0.15, -0.1) is 0 Å². The third-order valence-electron chi connectivity index (χ3n) is 3.81. The molecule has 0 bridgehead atoms. The zero-order valence-electron chi connectivity index (χ0n) is 13.1. The van der Waals surface area contributed by atoms with Crippen LogP contribution in [0.1, 0.15) is 0 Å². The van der Waals surface area contributed by atoms with Gasteiger partial charge in [0.05, 0.1) is 11.2 Å². The van der Waals surface area contributed by atoms with E-state index in [0.29, 0.717) is 17.3 Å². The Morgan fingerprint density at radius 1 is 0.840 bits per heavy atom. The average Bonchev–Trinajstić information content (AvgIpc) is 2.63. The molecule has 122 valence electrons. The van der Waals surface area contributed by atoms with Gasteiger partial charge in [0.25, 0.3) is 0 Å². The highest BCUT2D eigenvalue weighted by Crippen LogP contribution is 2.29. The van der Waals surface area contributed by atoms with Crippen LogP contribution in [0.2, 0.25) is 0 Å². The first kappa shape index (κ1) is 15.7. The van der Waals surface area contributed by atoms with Gasteiger partial charge in [-0.25, -0.2) is 14.4 Å². The molecule has 0 spiro atoms. The first-order valence-corrected chi connectivity index (χ1v) is 8.54. The molecule has 3 aromatic carbocycles. The fraction of sp³-hybridized carbons (Fsp3) is 0. The van der Waals surface area contributed by atoms with Crippen molar-refractivity contribution in [2.45, 2.75) is 0 Å². The van der Waals surface area contributed by atoms with E-state index in [2.05, 4.69) is 31.2 Å². The monoisotopic (exact) mass is 393 g/mol. The van der Waals surface area contributed by atoms with E-state index in [0.717, 1.165) is 20.9 Å². The Labute approximate surface area is 152 Å². The Kier molecular flexibility index (Phi) is 4.15. The third-order valence-corrected chi connectivity index (χ3v) is 4.31. The largest absolute Gasteiger partial charge is 0.337 e. The van der Waals surface area contributed by atoms with Gasteiger partial charge < -0.3 is 5.32 Å². The average molecular weight is 394 g/mol. The SMILES string of the molecule is Fc1ccccc1Nc1nc(-c2cccc(Br)c2)nc2ccccc12. The molecular formula is C20H13BrFN3. The van der Waals surface area contributed by atoms with E-state index in [1.165, 1.54) is 6.07 Å². The van der Waals surface area contributed by atoms with Crippen molar-refractivity contribution in [2.24, 2.45) is 0 Å². The molecule has 0 atom stereocenters. The summed E-state index contributed by atoms with van der Waals surface area (Å²) in [5.41, 5.74) is 2.06. The van der Waals surface area contributed by atoms with Crippen molar-refractivity contribution >= 4 is 38.3 Å².